The molecule has 62 valence electrons. The van der Waals surface area contributed by atoms with Gasteiger partial charge in [-0.1, -0.05) is 33.6 Å². The monoisotopic (exact) mass is 143 g/mol. The van der Waals surface area contributed by atoms with Crippen molar-refractivity contribution in [1.82, 2.24) is 0 Å². The molecule has 1 heteroatoms. The van der Waals surface area contributed by atoms with Crippen molar-refractivity contribution in [2.24, 2.45) is 17.6 Å². The molecule has 0 aliphatic rings. The highest BCUT2D eigenvalue weighted by molar-refractivity contribution is 4.61. The highest BCUT2D eigenvalue weighted by atomic mass is 14.5. The van der Waals surface area contributed by atoms with Crippen LogP contribution in [0.15, 0.2) is 0 Å². The van der Waals surface area contributed by atoms with E-state index in [9.17, 15) is 0 Å². The van der Waals surface area contributed by atoms with Crippen LogP contribution < -0.4 is 5.73 Å². The van der Waals surface area contributed by atoms with E-state index in [1.807, 2.05) is 0 Å². The Hall–Kier alpha value is -0.0400. The standard InChI is InChI=1S/C9H21N/c1-4-8(3)6-9(5-2)7-10/h8-9H,4-7,10H2,1-3H3. The predicted molar refractivity (Wildman–Crippen MR) is 46.9 cm³/mol. The van der Waals surface area contributed by atoms with E-state index in [4.69, 9.17) is 5.73 Å². The maximum atomic E-state index is 5.59. The summed E-state index contributed by atoms with van der Waals surface area (Å²) < 4.78 is 0. The molecule has 0 radical (unpaired) electrons. The minimum atomic E-state index is 0.759. The van der Waals surface area contributed by atoms with Crippen LogP contribution in [0.4, 0.5) is 0 Å². The molecule has 0 aromatic heterocycles. The molecule has 1 nitrogen and oxygen atoms in total. The maximum Gasteiger partial charge on any atom is -0.00489 e. The second-order valence-electron chi connectivity index (χ2n) is 3.26. The molecule has 0 aliphatic carbocycles. The maximum absolute atomic E-state index is 5.59. The smallest absolute Gasteiger partial charge is 0.00489 e. The summed E-state index contributed by atoms with van der Waals surface area (Å²) in [4.78, 5) is 0. The van der Waals surface area contributed by atoms with E-state index in [1.54, 1.807) is 0 Å². The molecule has 10 heavy (non-hydrogen) atoms. The summed E-state index contributed by atoms with van der Waals surface area (Å²) in [5.74, 6) is 1.61. The minimum Gasteiger partial charge on any atom is -0.330 e. The fourth-order valence-electron chi connectivity index (χ4n) is 1.17. The van der Waals surface area contributed by atoms with Crippen molar-refractivity contribution in [3.8, 4) is 0 Å². The Kier molecular flexibility index (Phi) is 5.70. The Labute approximate surface area is 65.0 Å². The second kappa shape index (κ2) is 5.72. The second-order valence-corrected chi connectivity index (χ2v) is 3.26. The lowest BCUT2D eigenvalue weighted by Gasteiger charge is -2.15. The molecule has 0 aromatic rings. The van der Waals surface area contributed by atoms with Crippen LogP contribution in [0.3, 0.4) is 0 Å². The molecule has 0 amide bonds. The molecule has 0 fully saturated rings. The van der Waals surface area contributed by atoms with E-state index in [0.29, 0.717) is 0 Å². The minimum absolute atomic E-state index is 0.759. The summed E-state index contributed by atoms with van der Waals surface area (Å²) in [7, 11) is 0. The lowest BCUT2D eigenvalue weighted by molar-refractivity contribution is 0.380. The zero-order valence-electron chi connectivity index (χ0n) is 7.56. The lowest BCUT2D eigenvalue weighted by atomic mass is 9.92. The quantitative estimate of drug-likeness (QED) is 0.628. The summed E-state index contributed by atoms with van der Waals surface area (Å²) in [6, 6.07) is 0. The molecule has 2 atom stereocenters. The van der Waals surface area contributed by atoms with Crippen LogP contribution in [0.2, 0.25) is 0 Å². The zero-order valence-corrected chi connectivity index (χ0v) is 7.56. The zero-order chi connectivity index (χ0) is 7.98. The summed E-state index contributed by atoms with van der Waals surface area (Å²) >= 11 is 0. The SMILES string of the molecule is CCC(C)CC(CC)CN. The van der Waals surface area contributed by atoms with Gasteiger partial charge in [0.15, 0.2) is 0 Å². The molecule has 0 spiro atoms. The van der Waals surface area contributed by atoms with E-state index in [2.05, 4.69) is 20.8 Å². The summed E-state index contributed by atoms with van der Waals surface area (Å²) in [5.41, 5.74) is 5.59. The van der Waals surface area contributed by atoms with Crippen molar-refractivity contribution in [2.45, 2.75) is 40.0 Å². The largest absolute Gasteiger partial charge is 0.330 e. The molecular formula is C9H21N. The first-order valence-electron chi connectivity index (χ1n) is 4.44. The van der Waals surface area contributed by atoms with Crippen molar-refractivity contribution < 1.29 is 0 Å². The fraction of sp³-hybridized carbons (Fsp3) is 1.00. The topological polar surface area (TPSA) is 26.0 Å². The molecule has 0 bridgehead atoms. The van der Waals surface area contributed by atoms with Gasteiger partial charge >= 0.3 is 0 Å². The molecule has 0 aliphatic heterocycles. The normalized spacial score (nSPS) is 16.8. The Morgan fingerprint density at radius 2 is 1.80 bits per heavy atom. The van der Waals surface area contributed by atoms with Gasteiger partial charge in [0.1, 0.15) is 0 Å². The molecule has 0 aromatic carbocycles. The van der Waals surface area contributed by atoms with Crippen molar-refractivity contribution in [2.75, 3.05) is 6.54 Å². The van der Waals surface area contributed by atoms with Crippen LogP contribution >= 0.6 is 0 Å². The molecule has 0 heterocycles. The van der Waals surface area contributed by atoms with Crippen LogP contribution in [-0.4, -0.2) is 6.54 Å². The molecule has 2 N–H and O–H groups in total. The van der Waals surface area contributed by atoms with E-state index in [1.165, 1.54) is 19.3 Å². The summed E-state index contributed by atoms with van der Waals surface area (Å²) in [6.07, 6.45) is 3.83. The van der Waals surface area contributed by atoms with Gasteiger partial charge in [0.25, 0.3) is 0 Å². The van der Waals surface area contributed by atoms with E-state index in [-0.39, 0.29) is 0 Å². The third-order valence-electron chi connectivity index (χ3n) is 2.34. The van der Waals surface area contributed by atoms with E-state index < -0.39 is 0 Å². The van der Waals surface area contributed by atoms with Crippen molar-refractivity contribution >= 4 is 0 Å². The average molecular weight is 143 g/mol. The highest BCUT2D eigenvalue weighted by Crippen LogP contribution is 2.16. The van der Waals surface area contributed by atoms with Gasteiger partial charge in [-0.25, -0.2) is 0 Å². The van der Waals surface area contributed by atoms with Gasteiger partial charge in [-0.2, -0.15) is 0 Å². The Bertz CT molecular complexity index is 67.1. The van der Waals surface area contributed by atoms with Crippen molar-refractivity contribution in [3.63, 3.8) is 0 Å². The Morgan fingerprint density at radius 1 is 1.20 bits per heavy atom. The van der Waals surface area contributed by atoms with Crippen molar-refractivity contribution in [1.29, 1.82) is 0 Å². The first kappa shape index (κ1) is 9.96. The average Bonchev–Trinajstić information content (AvgIpc) is 1.99. The van der Waals surface area contributed by atoms with Crippen molar-refractivity contribution in [3.05, 3.63) is 0 Å². The highest BCUT2D eigenvalue weighted by Gasteiger charge is 2.07. The number of hydrogen-bond donors (Lipinski definition) is 1. The van der Waals surface area contributed by atoms with Gasteiger partial charge in [0, 0.05) is 0 Å². The van der Waals surface area contributed by atoms with Gasteiger partial charge in [0.2, 0.25) is 0 Å². The van der Waals surface area contributed by atoms with Gasteiger partial charge in [-0.3, -0.25) is 0 Å². The van der Waals surface area contributed by atoms with E-state index in [0.717, 1.165) is 18.4 Å². The van der Waals surface area contributed by atoms with Crippen LogP contribution in [0.1, 0.15) is 40.0 Å². The number of rotatable bonds is 5. The van der Waals surface area contributed by atoms with Gasteiger partial charge in [0.05, 0.1) is 0 Å². The summed E-state index contributed by atoms with van der Waals surface area (Å²) in [6.45, 7) is 7.63. The summed E-state index contributed by atoms with van der Waals surface area (Å²) in [5, 5.41) is 0. The fourth-order valence-corrected chi connectivity index (χ4v) is 1.17. The predicted octanol–water partition coefficient (Wildman–Crippen LogP) is 2.41. The van der Waals surface area contributed by atoms with Gasteiger partial charge in [-0.05, 0) is 24.8 Å². The van der Waals surface area contributed by atoms with Crippen LogP contribution in [0, 0.1) is 11.8 Å². The molecule has 2 unspecified atom stereocenters. The Morgan fingerprint density at radius 3 is 2.10 bits per heavy atom. The number of hydrogen-bond acceptors (Lipinski definition) is 1. The van der Waals surface area contributed by atoms with Crippen LogP contribution in [0.25, 0.3) is 0 Å². The Balaban J connectivity index is 3.41. The third-order valence-corrected chi connectivity index (χ3v) is 2.34. The van der Waals surface area contributed by atoms with Gasteiger partial charge < -0.3 is 5.73 Å². The third kappa shape index (κ3) is 3.89. The molecule has 0 saturated heterocycles. The molecule has 0 saturated carbocycles. The first-order chi connectivity index (χ1) is 4.74. The molecular weight excluding hydrogens is 122 g/mol. The lowest BCUT2D eigenvalue weighted by Crippen LogP contribution is -2.15. The van der Waals surface area contributed by atoms with E-state index >= 15 is 0 Å². The molecule has 0 rings (SSSR count). The van der Waals surface area contributed by atoms with Crippen LogP contribution in [-0.2, 0) is 0 Å². The van der Waals surface area contributed by atoms with Crippen LogP contribution in [0.5, 0.6) is 0 Å². The first-order valence-corrected chi connectivity index (χ1v) is 4.44. The van der Waals surface area contributed by atoms with Gasteiger partial charge in [-0.15, -0.1) is 0 Å². The number of nitrogens with two attached hydrogens (primary N) is 1.